The van der Waals surface area contributed by atoms with Crippen molar-refractivity contribution in [2.24, 2.45) is 0 Å². The third-order valence-electron chi connectivity index (χ3n) is 1.22. The third-order valence-corrected chi connectivity index (χ3v) is 1.22. The SMILES string of the molecule is CCOC(=O)C(OC)=C(OC)OC. The monoisotopic (exact) mass is 190 g/mol. The van der Waals surface area contributed by atoms with Crippen LogP contribution < -0.4 is 0 Å². The third kappa shape index (κ3) is 3.23. The molecule has 0 bridgehead atoms. The maximum Gasteiger partial charge on any atom is 0.381 e. The number of hydrogen-bond donors (Lipinski definition) is 0. The second kappa shape index (κ2) is 6.16. The highest BCUT2D eigenvalue weighted by molar-refractivity contribution is 5.86. The fourth-order valence-corrected chi connectivity index (χ4v) is 0.715. The van der Waals surface area contributed by atoms with E-state index in [0.29, 0.717) is 0 Å². The summed E-state index contributed by atoms with van der Waals surface area (Å²) in [6, 6.07) is 0. The van der Waals surface area contributed by atoms with Gasteiger partial charge in [-0.15, -0.1) is 0 Å². The lowest BCUT2D eigenvalue weighted by Gasteiger charge is -2.09. The van der Waals surface area contributed by atoms with Gasteiger partial charge in [0.15, 0.2) is 0 Å². The summed E-state index contributed by atoms with van der Waals surface area (Å²) in [5, 5.41) is 0. The van der Waals surface area contributed by atoms with Crippen LogP contribution in [0.1, 0.15) is 6.92 Å². The first-order valence-corrected chi connectivity index (χ1v) is 3.74. The molecule has 0 saturated heterocycles. The van der Waals surface area contributed by atoms with Gasteiger partial charge in [0, 0.05) is 0 Å². The Hall–Kier alpha value is -1.39. The number of carbonyl (C=O) groups is 1. The van der Waals surface area contributed by atoms with Gasteiger partial charge in [-0.2, -0.15) is 0 Å². The first-order chi connectivity index (χ1) is 6.21. The molecule has 0 aromatic heterocycles. The highest BCUT2D eigenvalue weighted by atomic mass is 16.7. The van der Waals surface area contributed by atoms with Crippen LogP contribution in [0.2, 0.25) is 0 Å². The Morgan fingerprint density at radius 2 is 1.62 bits per heavy atom. The maximum absolute atomic E-state index is 11.2. The van der Waals surface area contributed by atoms with Gasteiger partial charge in [0.25, 0.3) is 5.76 Å². The molecule has 0 aliphatic rings. The molecule has 0 fully saturated rings. The van der Waals surface area contributed by atoms with Crippen LogP contribution in [-0.4, -0.2) is 33.9 Å². The number of methoxy groups -OCH3 is 3. The van der Waals surface area contributed by atoms with E-state index in [1.165, 1.54) is 21.3 Å². The van der Waals surface area contributed by atoms with Crippen molar-refractivity contribution >= 4 is 5.97 Å². The second-order valence-corrected chi connectivity index (χ2v) is 1.95. The van der Waals surface area contributed by atoms with Gasteiger partial charge in [0.2, 0.25) is 0 Å². The zero-order valence-corrected chi connectivity index (χ0v) is 8.25. The van der Waals surface area contributed by atoms with E-state index in [-0.39, 0.29) is 18.3 Å². The van der Waals surface area contributed by atoms with E-state index in [1.807, 2.05) is 0 Å². The van der Waals surface area contributed by atoms with Gasteiger partial charge in [0.1, 0.15) is 0 Å². The average Bonchev–Trinajstić information content (AvgIpc) is 2.14. The lowest BCUT2D eigenvalue weighted by molar-refractivity contribution is -0.143. The summed E-state index contributed by atoms with van der Waals surface area (Å²) in [5.74, 6) is -0.684. The minimum absolute atomic E-state index is 0.000880. The molecule has 13 heavy (non-hydrogen) atoms. The summed E-state index contributed by atoms with van der Waals surface area (Å²) >= 11 is 0. The summed E-state index contributed by atoms with van der Waals surface area (Å²) in [6.07, 6.45) is 0. The van der Waals surface area contributed by atoms with Crippen molar-refractivity contribution in [3.63, 3.8) is 0 Å². The quantitative estimate of drug-likeness (QED) is 0.362. The molecule has 0 amide bonds. The number of esters is 1. The van der Waals surface area contributed by atoms with Gasteiger partial charge in [-0.3, -0.25) is 0 Å². The van der Waals surface area contributed by atoms with Crippen molar-refractivity contribution < 1.29 is 23.7 Å². The minimum Gasteiger partial charge on any atom is -0.485 e. The van der Waals surface area contributed by atoms with Crippen LogP contribution in [0.5, 0.6) is 0 Å². The number of rotatable bonds is 5. The molecule has 0 heterocycles. The number of carbonyl (C=O) groups excluding carboxylic acids is 1. The molecule has 5 heteroatoms. The highest BCUT2D eigenvalue weighted by Crippen LogP contribution is 2.08. The molecule has 5 nitrogen and oxygen atoms in total. The second-order valence-electron chi connectivity index (χ2n) is 1.95. The zero-order valence-electron chi connectivity index (χ0n) is 8.25. The van der Waals surface area contributed by atoms with Gasteiger partial charge in [-0.25, -0.2) is 4.79 Å². The Labute approximate surface area is 77.2 Å². The Morgan fingerprint density at radius 1 is 1.08 bits per heavy atom. The molecule has 0 aromatic carbocycles. The van der Waals surface area contributed by atoms with E-state index in [0.717, 1.165) is 0 Å². The van der Waals surface area contributed by atoms with Crippen molar-refractivity contribution in [1.29, 1.82) is 0 Å². The summed E-state index contributed by atoms with van der Waals surface area (Å²) in [4.78, 5) is 11.2. The Balaban J connectivity index is 4.63. The van der Waals surface area contributed by atoms with Crippen molar-refractivity contribution in [2.45, 2.75) is 6.92 Å². The zero-order chi connectivity index (χ0) is 10.3. The summed E-state index contributed by atoms with van der Waals surface area (Å²) in [6.45, 7) is 1.97. The van der Waals surface area contributed by atoms with Gasteiger partial charge in [-0.1, -0.05) is 0 Å². The lowest BCUT2D eigenvalue weighted by Crippen LogP contribution is -2.13. The topological polar surface area (TPSA) is 54.0 Å². The minimum atomic E-state index is -0.608. The molecular formula is C8H14O5. The molecule has 0 rings (SSSR count). The van der Waals surface area contributed by atoms with Crippen LogP contribution in [0.25, 0.3) is 0 Å². The molecular weight excluding hydrogens is 176 g/mol. The van der Waals surface area contributed by atoms with Crippen LogP contribution in [0, 0.1) is 0 Å². The van der Waals surface area contributed by atoms with Crippen LogP contribution in [-0.2, 0) is 23.7 Å². The smallest absolute Gasteiger partial charge is 0.381 e. The maximum atomic E-state index is 11.2. The van der Waals surface area contributed by atoms with Gasteiger partial charge in [0.05, 0.1) is 27.9 Å². The molecule has 0 atom stereocenters. The Kier molecular flexibility index (Phi) is 5.50. The lowest BCUT2D eigenvalue weighted by atomic mass is 10.5. The highest BCUT2D eigenvalue weighted by Gasteiger charge is 2.19. The molecule has 0 radical (unpaired) electrons. The first-order valence-electron chi connectivity index (χ1n) is 3.74. The fourth-order valence-electron chi connectivity index (χ4n) is 0.715. The largest absolute Gasteiger partial charge is 0.485 e. The molecule has 0 aliphatic heterocycles. The fraction of sp³-hybridized carbons (Fsp3) is 0.625. The molecule has 76 valence electrons. The van der Waals surface area contributed by atoms with Gasteiger partial charge >= 0.3 is 11.9 Å². The number of hydrogen-bond acceptors (Lipinski definition) is 5. The molecule has 0 unspecified atom stereocenters. The van der Waals surface area contributed by atoms with E-state index in [9.17, 15) is 4.79 Å². The Bertz CT molecular complexity index is 191. The van der Waals surface area contributed by atoms with Crippen molar-refractivity contribution in [3.8, 4) is 0 Å². The van der Waals surface area contributed by atoms with Gasteiger partial charge < -0.3 is 18.9 Å². The molecule has 0 saturated carbocycles. The molecule has 0 aromatic rings. The standard InChI is InChI=1S/C8H14O5/c1-5-13-7(9)6(10-2)8(11-3)12-4/h5H2,1-4H3. The summed E-state index contributed by atoms with van der Waals surface area (Å²) < 4.78 is 19.0. The molecule has 0 N–H and O–H groups in total. The summed E-state index contributed by atoms with van der Waals surface area (Å²) in [5.41, 5.74) is 0. The van der Waals surface area contributed by atoms with Crippen molar-refractivity contribution in [1.82, 2.24) is 0 Å². The Morgan fingerprint density at radius 3 is 1.92 bits per heavy atom. The van der Waals surface area contributed by atoms with Crippen molar-refractivity contribution in [3.05, 3.63) is 11.7 Å². The van der Waals surface area contributed by atoms with Crippen LogP contribution in [0.4, 0.5) is 0 Å². The van der Waals surface area contributed by atoms with Gasteiger partial charge in [-0.05, 0) is 6.92 Å². The predicted molar refractivity (Wildman–Crippen MR) is 44.7 cm³/mol. The molecule has 0 spiro atoms. The van der Waals surface area contributed by atoms with E-state index in [4.69, 9.17) is 18.9 Å². The van der Waals surface area contributed by atoms with Crippen molar-refractivity contribution in [2.75, 3.05) is 27.9 Å². The van der Waals surface area contributed by atoms with E-state index < -0.39 is 5.97 Å². The first kappa shape index (κ1) is 11.6. The average molecular weight is 190 g/mol. The number of ether oxygens (including phenoxy) is 4. The van der Waals surface area contributed by atoms with Crippen LogP contribution in [0.15, 0.2) is 11.7 Å². The van der Waals surface area contributed by atoms with Crippen LogP contribution >= 0.6 is 0 Å². The summed E-state index contributed by atoms with van der Waals surface area (Å²) in [7, 11) is 4.08. The van der Waals surface area contributed by atoms with E-state index in [1.54, 1.807) is 6.92 Å². The van der Waals surface area contributed by atoms with Crippen LogP contribution in [0.3, 0.4) is 0 Å². The predicted octanol–water partition coefficient (Wildman–Crippen LogP) is 0.658. The molecule has 0 aliphatic carbocycles. The normalized spacial score (nSPS) is 8.62. The van der Waals surface area contributed by atoms with E-state index >= 15 is 0 Å². The van der Waals surface area contributed by atoms with E-state index in [2.05, 4.69) is 0 Å².